The molecule has 1 N–H and O–H groups in total. The summed E-state index contributed by atoms with van der Waals surface area (Å²) in [5.41, 5.74) is 6.11. The Kier molecular flexibility index (Phi) is 13.2. The van der Waals surface area contributed by atoms with E-state index in [1.165, 1.54) is 12.7 Å². The average Bonchev–Trinajstić information content (AvgIpc) is 3.08. The van der Waals surface area contributed by atoms with Gasteiger partial charge in [-0.2, -0.15) is 18.1 Å². The summed E-state index contributed by atoms with van der Waals surface area (Å²) in [6, 6.07) is 19.9. The third kappa shape index (κ3) is 10.6. The molecule has 1 aliphatic carbocycles. The Labute approximate surface area is 272 Å². The topological polar surface area (TPSA) is 92.7 Å². The van der Waals surface area contributed by atoms with Crippen molar-refractivity contribution < 1.29 is 52.7 Å². The second-order valence-corrected chi connectivity index (χ2v) is 11.7. The number of carbonyl (C=O) groups excluding carboxylic acids is 1. The number of aliphatic hydroxyl groups excluding tert-OH is 1. The van der Waals surface area contributed by atoms with Crippen LogP contribution >= 0.6 is 0 Å². The van der Waals surface area contributed by atoms with Gasteiger partial charge in [0.1, 0.15) is 0 Å². The fourth-order valence-electron chi connectivity index (χ4n) is 5.93. The van der Waals surface area contributed by atoms with Crippen LogP contribution in [0.4, 0.5) is 13.2 Å². The van der Waals surface area contributed by atoms with Crippen molar-refractivity contribution in [2.45, 2.75) is 76.8 Å². The molecule has 47 heavy (non-hydrogen) atoms. The number of rotatable bonds is 16. The number of aliphatic hydroxyl groups is 1. The first-order valence-electron chi connectivity index (χ1n) is 15.8. The first-order chi connectivity index (χ1) is 22.6. The average molecular weight is 659 g/mol. The maximum Gasteiger partial charge on any atom is 0.389 e. The van der Waals surface area contributed by atoms with Gasteiger partial charge in [0.15, 0.2) is 0 Å². The fourth-order valence-corrected chi connectivity index (χ4v) is 5.93. The highest BCUT2D eigenvalue weighted by Crippen LogP contribution is 2.40. The molecule has 0 amide bonds. The summed E-state index contributed by atoms with van der Waals surface area (Å²) in [6.07, 6.45) is 2.08. The van der Waals surface area contributed by atoms with Gasteiger partial charge in [-0.25, -0.2) is 4.79 Å². The van der Waals surface area contributed by atoms with Gasteiger partial charge in [-0.1, -0.05) is 74.9 Å². The van der Waals surface area contributed by atoms with E-state index in [2.05, 4.69) is 69.8 Å². The second kappa shape index (κ2) is 17.3. The first-order valence-corrected chi connectivity index (χ1v) is 15.8. The number of carbonyl (C=O) groups is 1. The predicted molar refractivity (Wildman–Crippen MR) is 169 cm³/mol. The number of aryl methyl sites for hydroxylation is 1. The van der Waals surface area contributed by atoms with Crippen LogP contribution in [0.15, 0.2) is 72.8 Å². The van der Waals surface area contributed by atoms with E-state index in [0.717, 1.165) is 66.3 Å². The van der Waals surface area contributed by atoms with Gasteiger partial charge in [-0.3, -0.25) is 9.78 Å². The maximum atomic E-state index is 12.4. The molecule has 0 spiro atoms. The molecule has 4 rings (SSSR count). The number of benzene rings is 3. The van der Waals surface area contributed by atoms with Crippen molar-refractivity contribution in [3.63, 3.8) is 0 Å². The lowest BCUT2D eigenvalue weighted by Gasteiger charge is -2.29. The lowest BCUT2D eigenvalue weighted by molar-refractivity contribution is -0.459. The summed E-state index contributed by atoms with van der Waals surface area (Å²) >= 11 is 0. The zero-order valence-corrected chi connectivity index (χ0v) is 26.6. The zero-order chi connectivity index (χ0) is 33.8. The Morgan fingerprint density at radius 3 is 2.19 bits per heavy atom. The summed E-state index contributed by atoms with van der Waals surface area (Å²) in [5, 5.41) is 18.1. The lowest BCUT2D eigenvalue weighted by Crippen LogP contribution is -2.14. The monoisotopic (exact) mass is 658 g/mol. The van der Waals surface area contributed by atoms with E-state index < -0.39 is 25.2 Å². The van der Waals surface area contributed by atoms with Crippen LogP contribution in [0.5, 0.6) is 11.5 Å². The molecule has 0 atom stereocenters. The molecule has 3 aromatic carbocycles. The first kappa shape index (κ1) is 35.9. The molecular weight excluding hydrogens is 617 g/mol. The van der Waals surface area contributed by atoms with Crippen LogP contribution in [0.25, 0.3) is 22.3 Å². The number of halogens is 3. The smallest absolute Gasteiger partial charge is 0.389 e. The zero-order valence-electron chi connectivity index (χ0n) is 26.6. The SMILES string of the molecule is C=C(CO)C(=O)OOOc1cc(-c2ccc(-c3ccc(C4CCC(CCCCC(F)(F)F)CC4)cc3)c(CC)c2)ccc1OOOC. The molecular formula is C36H41F3O8. The third-order valence-electron chi connectivity index (χ3n) is 8.53. The fraction of sp³-hybridized carbons (Fsp3) is 0.417. The van der Waals surface area contributed by atoms with E-state index in [1.54, 1.807) is 18.2 Å². The molecule has 0 radical (unpaired) electrons. The molecule has 0 saturated heterocycles. The minimum Gasteiger partial charge on any atom is -0.391 e. The Balaban J connectivity index is 1.41. The van der Waals surface area contributed by atoms with E-state index in [0.29, 0.717) is 18.3 Å². The van der Waals surface area contributed by atoms with Crippen molar-refractivity contribution in [3.05, 3.63) is 83.9 Å². The van der Waals surface area contributed by atoms with Gasteiger partial charge in [0.05, 0.1) is 19.3 Å². The van der Waals surface area contributed by atoms with Crippen molar-refractivity contribution >= 4 is 5.97 Å². The molecule has 0 aliphatic heterocycles. The number of hydrogen-bond acceptors (Lipinski definition) is 8. The van der Waals surface area contributed by atoms with Gasteiger partial charge in [0, 0.05) is 11.5 Å². The van der Waals surface area contributed by atoms with Gasteiger partial charge in [0.25, 0.3) is 0 Å². The largest absolute Gasteiger partial charge is 0.391 e. The van der Waals surface area contributed by atoms with E-state index in [1.807, 2.05) is 6.07 Å². The normalized spacial score (nSPS) is 16.5. The summed E-state index contributed by atoms with van der Waals surface area (Å²) < 4.78 is 37.3. The molecule has 0 heterocycles. The van der Waals surface area contributed by atoms with Crippen LogP contribution in [-0.2, 0) is 31.1 Å². The maximum absolute atomic E-state index is 12.4. The highest BCUT2D eigenvalue weighted by atomic mass is 19.4. The molecule has 1 fully saturated rings. The molecule has 254 valence electrons. The number of hydrogen-bond donors (Lipinski definition) is 1. The molecule has 3 aromatic rings. The van der Waals surface area contributed by atoms with E-state index >= 15 is 0 Å². The number of alkyl halides is 3. The van der Waals surface area contributed by atoms with Gasteiger partial charge >= 0.3 is 12.1 Å². The summed E-state index contributed by atoms with van der Waals surface area (Å²) in [7, 11) is 1.26. The highest BCUT2D eigenvalue weighted by Gasteiger charge is 2.27. The van der Waals surface area contributed by atoms with Crippen LogP contribution in [0.2, 0.25) is 0 Å². The van der Waals surface area contributed by atoms with Crippen LogP contribution in [0, 0.1) is 5.92 Å². The van der Waals surface area contributed by atoms with Gasteiger partial charge in [-0.15, -0.1) is 0 Å². The minimum absolute atomic E-state index is 0.0233. The van der Waals surface area contributed by atoms with Crippen LogP contribution in [0.1, 0.15) is 75.3 Å². The number of unbranched alkanes of at least 4 members (excludes halogenated alkanes) is 1. The molecule has 0 bridgehead atoms. The predicted octanol–water partition coefficient (Wildman–Crippen LogP) is 9.17. The Hall–Kier alpha value is -3.90. The molecule has 11 heteroatoms. The molecule has 0 unspecified atom stereocenters. The summed E-state index contributed by atoms with van der Waals surface area (Å²) in [4.78, 5) is 30.9. The van der Waals surface area contributed by atoms with Crippen LogP contribution in [-0.4, -0.2) is 31.0 Å². The van der Waals surface area contributed by atoms with Crippen molar-refractivity contribution in [2.24, 2.45) is 5.92 Å². The Morgan fingerprint density at radius 2 is 1.53 bits per heavy atom. The van der Waals surface area contributed by atoms with Crippen molar-refractivity contribution in [2.75, 3.05) is 13.7 Å². The van der Waals surface area contributed by atoms with Crippen molar-refractivity contribution in [1.82, 2.24) is 0 Å². The highest BCUT2D eigenvalue weighted by molar-refractivity contribution is 5.87. The van der Waals surface area contributed by atoms with E-state index in [-0.39, 0.29) is 23.5 Å². The quantitative estimate of drug-likeness (QED) is 0.0705. The summed E-state index contributed by atoms with van der Waals surface area (Å²) in [5.74, 6) is 0.0999. The van der Waals surface area contributed by atoms with Gasteiger partial charge in [0.2, 0.25) is 11.5 Å². The van der Waals surface area contributed by atoms with E-state index in [9.17, 15) is 18.0 Å². The summed E-state index contributed by atoms with van der Waals surface area (Å²) in [6.45, 7) is 4.84. The molecule has 1 saturated carbocycles. The minimum atomic E-state index is -4.05. The molecule has 8 nitrogen and oxygen atoms in total. The molecule has 0 aromatic heterocycles. The van der Waals surface area contributed by atoms with Crippen molar-refractivity contribution in [3.8, 4) is 33.8 Å². The van der Waals surface area contributed by atoms with Crippen LogP contribution < -0.4 is 9.78 Å². The third-order valence-corrected chi connectivity index (χ3v) is 8.53. The van der Waals surface area contributed by atoms with Crippen molar-refractivity contribution in [1.29, 1.82) is 0 Å². The lowest BCUT2D eigenvalue weighted by atomic mass is 9.77. The standard InChI is InChI=1S/C36H41F3O8/c1-4-26-21-30(31-17-19-33(43-46-42-3)34(22-31)44-47-45-35(41)24(2)23-40)16-18-32(26)29-14-12-28(13-15-29)27-10-8-25(9-11-27)7-5-6-20-36(37,38)39/h12-19,21-22,25,27,40H,2,4-11,20,23H2,1,3H3. The Bertz CT molecular complexity index is 1460. The van der Waals surface area contributed by atoms with Gasteiger partial charge < -0.3 is 9.99 Å². The van der Waals surface area contributed by atoms with Crippen LogP contribution in [0.3, 0.4) is 0 Å². The Morgan fingerprint density at radius 1 is 0.872 bits per heavy atom. The second-order valence-electron chi connectivity index (χ2n) is 11.7. The molecule has 1 aliphatic rings. The van der Waals surface area contributed by atoms with E-state index in [4.69, 9.17) is 14.9 Å². The van der Waals surface area contributed by atoms with Gasteiger partial charge in [-0.05, 0) is 101 Å².